The molecule has 1 aromatic carbocycles. The molecule has 0 aliphatic rings. The van der Waals surface area contributed by atoms with Crippen LogP contribution in [0.3, 0.4) is 0 Å². The molecule has 0 aliphatic carbocycles. The Labute approximate surface area is 115 Å². The van der Waals surface area contributed by atoms with Gasteiger partial charge in [-0.15, -0.1) is 0 Å². The molecule has 0 saturated heterocycles. The minimum Gasteiger partial charge on any atom is -0.310 e. The molecule has 1 aromatic heterocycles. The van der Waals surface area contributed by atoms with E-state index in [0.717, 1.165) is 0 Å². The smallest absolute Gasteiger partial charge is 0.295 e. The van der Waals surface area contributed by atoms with E-state index in [-0.39, 0.29) is 17.3 Å². The van der Waals surface area contributed by atoms with Crippen molar-refractivity contribution in [2.75, 3.05) is 11.9 Å². The van der Waals surface area contributed by atoms with Crippen LogP contribution in [-0.2, 0) is 4.79 Å². The first-order valence-corrected chi connectivity index (χ1v) is 5.98. The highest BCUT2D eigenvalue weighted by atomic mass is 16.6. The van der Waals surface area contributed by atoms with E-state index in [1.54, 1.807) is 20.0 Å². The highest BCUT2D eigenvalue weighted by Gasteiger charge is 2.25. The fraction of sp³-hybridized carbons (Fsp3) is 0.308. The van der Waals surface area contributed by atoms with Gasteiger partial charge in [0.25, 0.3) is 5.69 Å². The molecule has 1 amide bonds. The van der Waals surface area contributed by atoms with Crippen molar-refractivity contribution in [1.29, 1.82) is 0 Å². The highest BCUT2D eigenvalue weighted by Crippen LogP contribution is 2.35. The van der Waals surface area contributed by atoms with Crippen LogP contribution in [0.4, 0.5) is 11.4 Å². The van der Waals surface area contributed by atoms with Crippen LogP contribution in [-0.4, -0.2) is 27.8 Å². The summed E-state index contributed by atoms with van der Waals surface area (Å²) in [7, 11) is 1.51. The number of anilines is 1. The Bertz CT molecular complexity index is 727. The lowest BCUT2D eigenvalue weighted by atomic mass is 10.1. The summed E-state index contributed by atoms with van der Waals surface area (Å²) >= 11 is 0. The third-order valence-electron chi connectivity index (χ3n) is 3.15. The predicted octanol–water partition coefficient (Wildman–Crippen LogP) is 2.14. The van der Waals surface area contributed by atoms with Crippen molar-refractivity contribution < 1.29 is 9.72 Å². The van der Waals surface area contributed by atoms with Gasteiger partial charge < -0.3 is 4.90 Å². The van der Waals surface area contributed by atoms with Crippen LogP contribution in [0.25, 0.3) is 11.0 Å². The number of hydrogen-bond donors (Lipinski definition) is 0. The molecule has 7 heteroatoms. The summed E-state index contributed by atoms with van der Waals surface area (Å²) in [6.45, 7) is 4.86. The molecule has 0 fully saturated rings. The number of aromatic nitrogens is 2. The number of nitro groups is 1. The third kappa shape index (κ3) is 2.18. The Kier molecular flexibility index (Phi) is 3.35. The maximum Gasteiger partial charge on any atom is 0.295 e. The van der Waals surface area contributed by atoms with Crippen molar-refractivity contribution >= 4 is 28.3 Å². The molecular formula is C13H14N4O3. The lowest BCUT2D eigenvalue weighted by molar-refractivity contribution is -0.384. The molecule has 2 rings (SSSR count). The van der Waals surface area contributed by atoms with Gasteiger partial charge in [-0.3, -0.25) is 19.9 Å². The Morgan fingerprint density at radius 3 is 2.60 bits per heavy atom. The van der Waals surface area contributed by atoms with Gasteiger partial charge in [-0.1, -0.05) is 0 Å². The second-order valence-corrected chi connectivity index (χ2v) is 4.58. The van der Waals surface area contributed by atoms with Crippen molar-refractivity contribution in [2.24, 2.45) is 0 Å². The average molecular weight is 274 g/mol. The van der Waals surface area contributed by atoms with Crippen LogP contribution in [0.1, 0.15) is 18.2 Å². The molecule has 0 unspecified atom stereocenters. The van der Waals surface area contributed by atoms with E-state index < -0.39 is 4.92 Å². The summed E-state index contributed by atoms with van der Waals surface area (Å²) in [6.07, 6.45) is 1.56. The van der Waals surface area contributed by atoms with E-state index in [1.165, 1.54) is 24.9 Å². The van der Waals surface area contributed by atoms with Crippen molar-refractivity contribution in [2.45, 2.75) is 20.8 Å². The average Bonchev–Trinajstić information content (AvgIpc) is 2.38. The summed E-state index contributed by atoms with van der Waals surface area (Å²) in [5.41, 5.74) is 2.41. The van der Waals surface area contributed by atoms with Crippen molar-refractivity contribution in [3.63, 3.8) is 0 Å². The fourth-order valence-electron chi connectivity index (χ4n) is 2.09. The first kappa shape index (κ1) is 13.9. The van der Waals surface area contributed by atoms with Gasteiger partial charge in [-0.2, -0.15) is 0 Å². The molecule has 0 atom stereocenters. The van der Waals surface area contributed by atoms with Crippen LogP contribution in [0.2, 0.25) is 0 Å². The van der Waals surface area contributed by atoms with Gasteiger partial charge >= 0.3 is 0 Å². The van der Waals surface area contributed by atoms with Gasteiger partial charge in [0.05, 0.1) is 21.7 Å². The Balaban J connectivity index is 2.88. The zero-order valence-electron chi connectivity index (χ0n) is 11.7. The van der Waals surface area contributed by atoms with Gasteiger partial charge in [0, 0.05) is 31.8 Å². The fourth-order valence-corrected chi connectivity index (χ4v) is 2.09. The van der Waals surface area contributed by atoms with Crippen LogP contribution in [0, 0.1) is 24.0 Å². The van der Waals surface area contributed by atoms with Crippen LogP contribution >= 0.6 is 0 Å². The molecule has 1 heterocycles. The first-order chi connectivity index (χ1) is 9.32. The molecule has 104 valence electrons. The van der Waals surface area contributed by atoms with E-state index in [2.05, 4.69) is 9.97 Å². The SMILES string of the molecule is CC(=O)N(C)c1c([N+](=O)[O-])cc2ncc(C)nc2c1C. The number of amides is 1. The standard InChI is InChI=1S/C13H14N4O3/c1-7-6-14-10-5-11(17(19)20)13(16(4)9(3)18)8(2)12(10)15-7/h5-6H,1-4H3. The van der Waals surface area contributed by atoms with Crippen LogP contribution < -0.4 is 4.90 Å². The summed E-state index contributed by atoms with van der Waals surface area (Å²) in [5.74, 6) is -0.281. The topological polar surface area (TPSA) is 89.2 Å². The number of hydrogen-bond acceptors (Lipinski definition) is 5. The summed E-state index contributed by atoms with van der Waals surface area (Å²) in [4.78, 5) is 32.0. The molecule has 7 nitrogen and oxygen atoms in total. The van der Waals surface area contributed by atoms with E-state index in [9.17, 15) is 14.9 Å². The largest absolute Gasteiger partial charge is 0.310 e. The number of benzene rings is 1. The molecule has 2 aromatic rings. The monoisotopic (exact) mass is 274 g/mol. The third-order valence-corrected chi connectivity index (χ3v) is 3.15. The summed E-state index contributed by atoms with van der Waals surface area (Å²) < 4.78 is 0. The highest BCUT2D eigenvalue weighted by molar-refractivity contribution is 5.99. The first-order valence-electron chi connectivity index (χ1n) is 5.98. The molecule has 0 saturated carbocycles. The molecule has 0 radical (unpaired) electrons. The lowest BCUT2D eigenvalue weighted by Gasteiger charge is -2.18. The van der Waals surface area contributed by atoms with Crippen LogP contribution in [0.5, 0.6) is 0 Å². The molecule has 0 bridgehead atoms. The normalized spacial score (nSPS) is 10.6. The second-order valence-electron chi connectivity index (χ2n) is 4.58. The number of nitro benzene ring substituents is 1. The minimum atomic E-state index is -0.511. The van der Waals surface area contributed by atoms with Crippen molar-refractivity contribution in [3.8, 4) is 0 Å². The maximum absolute atomic E-state index is 11.5. The quantitative estimate of drug-likeness (QED) is 0.618. The van der Waals surface area contributed by atoms with Gasteiger partial charge in [-0.05, 0) is 13.8 Å². The number of carbonyl (C=O) groups is 1. The molecular weight excluding hydrogens is 260 g/mol. The predicted molar refractivity (Wildman–Crippen MR) is 74.8 cm³/mol. The Morgan fingerprint density at radius 2 is 2.05 bits per heavy atom. The molecule has 0 N–H and O–H groups in total. The minimum absolute atomic E-state index is 0.147. The number of aryl methyl sites for hydroxylation is 2. The second kappa shape index (κ2) is 4.84. The van der Waals surface area contributed by atoms with Crippen LogP contribution in [0.15, 0.2) is 12.3 Å². The van der Waals surface area contributed by atoms with Gasteiger partial charge in [0.2, 0.25) is 5.91 Å². The van der Waals surface area contributed by atoms with Gasteiger partial charge in [0.1, 0.15) is 5.69 Å². The van der Waals surface area contributed by atoms with E-state index in [0.29, 0.717) is 22.3 Å². The Morgan fingerprint density at radius 1 is 1.40 bits per heavy atom. The molecule has 0 aliphatic heterocycles. The van der Waals surface area contributed by atoms with E-state index in [1.807, 2.05) is 0 Å². The Hall–Kier alpha value is -2.57. The number of fused-ring (bicyclic) bond motifs is 1. The summed E-state index contributed by atoms with van der Waals surface area (Å²) in [5, 5.41) is 11.2. The molecule has 0 spiro atoms. The lowest BCUT2D eigenvalue weighted by Crippen LogP contribution is -2.25. The number of rotatable bonds is 2. The zero-order valence-corrected chi connectivity index (χ0v) is 11.7. The summed E-state index contributed by atoms with van der Waals surface area (Å²) in [6, 6.07) is 1.35. The number of carbonyl (C=O) groups excluding carboxylic acids is 1. The maximum atomic E-state index is 11.5. The van der Waals surface area contributed by atoms with E-state index in [4.69, 9.17) is 0 Å². The number of nitrogens with zero attached hydrogens (tertiary/aromatic N) is 4. The van der Waals surface area contributed by atoms with Gasteiger partial charge in [0.15, 0.2) is 0 Å². The van der Waals surface area contributed by atoms with E-state index >= 15 is 0 Å². The van der Waals surface area contributed by atoms with Crippen molar-refractivity contribution in [3.05, 3.63) is 33.6 Å². The molecule has 20 heavy (non-hydrogen) atoms. The van der Waals surface area contributed by atoms with Gasteiger partial charge in [-0.25, -0.2) is 4.98 Å². The zero-order chi connectivity index (χ0) is 15.0. The van der Waals surface area contributed by atoms with Crippen molar-refractivity contribution in [1.82, 2.24) is 9.97 Å².